The van der Waals surface area contributed by atoms with Crippen LogP contribution in [0.1, 0.15) is 39.5 Å². The van der Waals surface area contributed by atoms with Crippen molar-refractivity contribution < 1.29 is 19.1 Å². The SMILES string of the molecule is CC1CCN(C(=O)Oc2ccccc2)CC1.CC1CCN(C(=O)Oc2ccccc2)CC1. The van der Waals surface area contributed by atoms with E-state index < -0.39 is 0 Å². The van der Waals surface area contributed by atoms with Crippen molar-refractivity contribution in [3.8, 4) is 11.5 Å². The van der Waals surface area contributed by atoms with Gasteiger partial charge >= 0.3 is 12.2 Å². The molecule has 172 valence electrons. The molecule has 0 radical (unpaired) electrons. The standard InChI is InChI=1S/2C13H17NO2/c2*1-11-7-9-14(10-8-11)13(15)16-12-5-3-2-4-6-12/h2*2-6,11H,7-10H2,1H3. The maximum Gasteiger partial charge on any atom is 0.415 e. The van der Waals surface area contributed by atoms with Crippen molar-refractivity contribution in [2.45, 2.75) is 39.5 Å². The Labute approximate surface area is 191 Å². The molecule has 4 rings (SSSR count). The predicted octanol–water partition coefficient (Wildman–Crippen LogP) is 5.83. The fourth-order valence-electron chi connectivity index (χ4n) is 3.69. The first-order valence-electron chi connectivity index (χ1n) is 11.5. The highest BCUT2D eigenvalue weighted by atomic mass is 16.6. The molecule has 0 atom stereocenters. The second-order valence-corrected chi connectivity index (χ2v) is 8.70. The molecule has 2 aromatic rings. The quantitative estimate of drug-likeness (QED) is 0.591. The van der Waals surface area contributed by atoms with Crippen LogP contribution in [-0.2, 0) is 0 Å². The zero-order valence-corrected chi connectivity index (χ0v) is 19.1. The van der Waals surface area contributed by atoms with E-state index in [1.54, 1.807) is 34.1 Å². The molecule has 0 aliphatic carbocycles. The monoisotopic (exact) mass is 438 g/mol. The Bertz CT molecular complexity index is 756. The van der Waals surface area contributed by atoms with E-state index >= 15 is 0 Å². The van der Waals surface area contributed by atoms with Crippen LogP contribution in [0.15, 0.2) is 60.7 Å². The number of carbonyl (C=O) groups is 2. The van der Waals surface area contributed by atoms with Crippen LogP contribution in [0.4, 0.5) is 9.59 Å². The lowest BCUT2D eigenvalue weighted by Crippen LogP contribution is -2.39. The number of ether oxygens (including phenoxy) is 2. The summed E-state index contributed by atoms with van der Waals surface area (Å²) in [6.07, 6.45) is 3.85. The number of likely N-dealkylation sites (tertiary alicyclic amines) is 2. The highest BCUT2D eigenvalue weighted by molar-refractivity contribution is 5.71. The van der Waals surface area contributed by atoms with Gasteiger partial charge in [0, 0.05) is 26.2 Å². The third kappa shape index (κ3) is 7.59. The van der Waals surface area contributed by atoms with Crippen molar-refractivity contribution in [1.29, 1.82) is 0 Å². The fourth-order valence-corrected chi connectivity index (χ4v) is 3.69. The molecule has 32 heavy (non-hydrogen) atoms. The van der Waals surface area contributed by atoms with E-state index in [-0.39, 0.29) is 12.2 Å². The molecule has 0 spiro atoms. The van der Waals surface area contributed by atoms with Crippen LogP contribution < -0.4 is 9.47 Å². The average molecular weight is 439 g/mol. The van der Waals surface area contributed by atoms with E-state index in [0.717, 1.165) is 63.7 Å². The molecule has 0 saturated carbocycles. The Hall–Kier alpha value is -3.02. The number of benzene rings is 2. The van der Waals surface area contributed by atoms with Crippen molar-refractivity contribution in [1.82, 2.24) is 9.80 Å². The average Bonchev–Trinajstić information content (AvgIpc) is 2.82. The summed E-state index contributed by atoms with van der Waals surface area (Å²) < 4.78 is 10.6. The molecule has 6 nitrogen and oxygen atoms in total. The van der Waals surface area contributed by atoms with E-state index in [9.17, 15) is 9.59 Å². The Morgan fingerprint density at radius 3 is 1.25 bits per heavy atom. The second kappa shape index (κ2) is 12.1. The van der Waals surface area contributed by atoms with Crippen molar-refractivity contribution >= 4 is 12.2 Å². The van der Waals surface area contributed by atoms with Crippen LogP contribution in [0.3, 0.4) is 0 Å². The van der Waals surface area contributed by atoms with Crippen LogP contribution in [0.2, 0.25) is 0 Å². The van der Waals surface area contributed by atoms with Crippen molar-refractivity contribution in [3.05, 3.63) is 60.7 Å². The molecular weight excluding hydrogens is 404 g/mol. The summed E-state index contributed by atoms with van der Waals surface area (Å²) in [6, 6.07) is 18.4. The largest absolute Gasteiger partial charge is 0.415 e. The summed E-state index contributed by atoms with van der Waals surface area (Å²) in [6.45, 7) is 7.69. The molecule has 2 aliphatic rings. The number of nitrogens with zero attached hydrogens (tertiary/aromatic N) is 2. The molecule has 2 saturated heterocycles. The van der Waals surface area contributed by atoms with Crippen LogP contribution in [0.5, 0.6) is 11.5 Å². The minimum absolute atomic E-state index is 0.224. The predicted molar refractivity (Wildman–Crippen MR) is 125 cm³/mol. The highest BCUT2D eigenvalue weighted by Crippen LogP contribution is 2.19. The van der Waals surface area contributed by atoms with Gasteiger partial charge in [0.05, 0.1) is 0 Å². The zero-order chi connectivity index (χ0) is 22.8. The van der Waals surface area contributed by atoms with Gasteiger partial charge in [-0.1, -0.05) is 50.2 Å². The van der Waals surface area contributed by atoms with E-state index in [1.807, 2.05) is 36.4 Å². The molecule has 2 aromatic carbocycles. The van der Waals surface area contributed by atoms with Gasteiger partial charge in [0.2, 0.25) is 0 Å². The van der Waals surface area contributed by atoms with Gasteiger partial charge in [-0.05, 0) is 61.8 Å². The summed E-state index contributed by atoms with van der Waals surface area (Å²) in [5.41, 5.74) is 0. The van der Waals surface area contributed by atoms with E-state index in [2.05, 4.69) is 13.8 Å². The third-order valence-electron chi connectivity index (χ3n) is 5.98. The van der Waals surface area contributed by atoms with Crippen molar-refractivity contribution in [3.63, 3.8) is 0 Å². The zero-order valence-electron chi connectivity index (χ0n) is 19.1. The smallest absolute Gasteiger partial charge is 0.410 e. The summed E-state index contributed by atoms with van der Waals surface area (Å²) in [5.74, 6) is 2.68. The molecule has 6 heteroatoms. The Morgan fingerprint density at radius 2 is 0.938 bits per heavy atom. The normalized spacial score (nSPS) is 17.2. The van der Waals surface area contributed by atoms with Crippen LogP contribution in [0, 0.1) is 11.8 Å². The summed E-state index contributed by atoms with van der Waals surface area (Å²) >= 11 is 0. The van der Waals surface area contributed by atoms with Gasteiger partial charge < -0.3 is 19.3 Å². The number of amides is 2. The molecule has 0 unspecified atom stereocenters. The van der Waals surface area contributed by atoms with Gasteiger partial charge in [-0.25, -0.2) is 9.59 Å². The maximum absolute atomic E-state index is 11.8. The van der Waals surface area contributed by atoms with Gasteiger partial charge in [-0.15, -0.1) is 0 Å². The van der Waals surface area contributed by atoms with Gasteiger partial charge in [0.15, 0.2) is 0 Å². The fraction of sp³-hybridized carbons (Fsp3) is 0.462. The first-order valence-corrected chi connectivity index (χ1v) is 11.5. The highest BCUT2D eigenvalue weighted by Gasteiger charge is 2.22. The number of hydrogen-bond donors (Lipinski definition) is 0. The van der Waals surface area contributed by atoms with Gasteiger partial charge in [0.25, 0.3) is 0 Å². The lowest BCUT2D eigenvalue weighted by atomic mass is 10.00. The summed E-state index contributed by atoms with van der Waals surface area (Å²) in [7, 11) is 0. The molecule has 0 bridgehead atoms. The minimum Gasteiger partial charge on any atom is -0.410 e. The molecule has 2 fully saturated rings. The van der Waals surface area contributed by atoms with E-state index in [0.29, 0.717) is 11.5 Å². The molecule has 0 N–H and O–H groups in total. The molecule has 0 aromatic heterocycles. The lowest BCUT2D eigenvalue weighted by Gasteiger charge is -2.29. The van der Waals surface area contributed by atoms with Gasteiger partial charge in [0.1, 0.15) is 11.5 Å². The van der Waals surface area contributed by atoms with Crippen molar-refractivity contribution in [2.24, 2.45) is 11.8 Å². The maximum atomic E-state index is 11.8. The number of rotatable bonds is 2. The molecular formula is C26H34N2O4. The van der Waals surface area contributed by atoms with Crippen LogP contribution >= 0.6 is 0 Å². The third-order valence-corrected chi connectivity index (χ3v) is 5.98. The first-order chi connectivity index (χ1) is 15.5. The number of para-hydroxylation sites is 2. The number of piperidine rings is 2. The molecule has 2 heterocycles. The number of carbonyl (C=O) groups excluding carboxylic acids is 2. The first kappa shape index (κ1) is 23.6. The minimum atomic E-state index is -0.224. The van der Waals surface area contributed by atoms with E-state index in [1.165, 1.54) is 0 Å². The number of hydrogen-bond acceptors (Lipinski definition) is 4. The Balaban J connectivity index is 0.000000181. The van der Waals surface area contributed by atoms with Gasteiger partial charge in [-0.3, -0.25) is 0 Å². The van der Waals surface area contributed by atoms with Crippen molar-refractivity contribution in [2.75, 3.05) is 26.2 Å². The van der Waals surface area contributed by atoms with Crippen LogP contribution in [0.25, 0.3) is 0 Å². The van der Waals surface area contributed by atoms with Crippen LogP contribution in [-0.4, -0.2) is 48.2 Å². The molecule has 2 amide bonds. The Kier molecular flexibility index (Phi) is 8.96. The van der Waals surface area contributed by atoms with Gasteiger partial charge in [-0.2, -0.15) is 0 Å². The topological polar surface area (TPSA) is 59.1 Å². The lowest BCUT2D eigenvalue weighted by molar-refractivity contribution is 0.132. The summed E-state index contributed by atoms with van der Waals surface area (Å²) in [5, 5.41) is 0. The van der Waals surface area contributed by atoms with E-state index in [4.69, 9.17) is 9.47 Å². The second-order valence-electron chi connectivity index (χ2n) is 8.70. The molecule has 2 aliphatic heterocycles. The summed E-state index contributed by atoms with van der Waals surface area (Å²) in [4.78, 5) is 27.1. The Morgan fingerprint density at radius 1 is 0.625 bits per heavy atom.